The van der Waals surface area contributed by atoms with Gasteiger partial charge in [0.25, 0.3) is 5.91 Å². The summed E-state index contributed by atoms with van der Waals surface area (Å²) in [5, 5.41) is 7.40. The van der Waals surface area contributed by atoms with Gasteiger partial charge in [0.1, 0.15) is 0 Å². The summed E-state index contributed by atoms with van der Waals surface area (Å²) in [5.74, 6) is 0.774. The fourth-order valence-electron chi connectivity index (χ4n) is 3.26. The summed E-state index contributed by atoms with van der Waals surface area (Å²) in [4.78, 5) is 17.0. The smallest absolute Gasteiger partial charge is 0.274 e. The van der Waals surface area contributed by atoms with Crippen LogP contribution in [0.2, 0.25) is 0 Å². The Kier molecular flexibility index (Phi) is 3.78. The number of aromatic amines is 1. The second-order valence-corrected chi connectivity index (χ2v) is 6.10. The standard InChI is InChI=1S/C15H24N4O/c1-3-18-6-8-19(9-7-18)15(20)14-12-10-11(2)4-5-13(12)16-17-14/h11H,3-10H2,1-2H3,(H,16,17). The molecule has 2 heterocycles. The molecule has 1 unspecified atom stereocenters. The molecular weight excluding hydrogens is 252 g/mol. The molecule has 1 amide bonds. The highest BCUT2D eigenvalue weighted by Gasteiger charge is 2.29. The van der Waals surface area contributed by atoms with Crippen LogP contribution >= 0.6 is 0 Å². The van der Waals surface area contributed by atoms with Crippen molar-refractivity contribution >= 4 is 5.91 Å². The molecule has 110 valence electrons. The minimum atomic E-state index is 0.118. The highest BCUT2D eigenvalue weighted by atomic mass is 16.2. The average Bonchev–Trinajstić information content (AvgIpc) is 2.89. The summed E-state index contributed by atoms with van der Waals surface area (Å²) in [7, 11) is 0. The third-order valence-corrected chi connectivity index (χ3v) is 4.70. The Labute approximate surface area is 120 Å². The van der Waals surface area contributed by atoms with Crippen molar-refractivity contribution in [3.63, 3.8) is 0 Å². The quantitative estimate of drug-likeness (QED) is 0.886. The maximum Gasteiger partial charge on any atom is 0.274 e. The predicted octanol–water partition coefficient (Wildman–Crippen LogP) is 1.31. The van der Waals surface area contributed by atoms with Gasteiger partial charge in [-0.05, 0) is 31.7 Å². The molecule has 1 aliphatic heterocycles. The van der Waals surface area contributed by atoms with Crippen molar-refractivity contribution in [3.05, 3.63) is 17.0 Å². The maximum absolute atomic E-state index is 12.7. The second kappa shape index (κ2) is 5.56. The van der Waals surface area contributed by atoms with E-state index >= 15 is 0 Å². The van der Waals surface area contributed by atoms with E-state index in [1.54, 1.807) is 0 Å². The molecule has 2 aliphatic rings. The molecule has 1 aromatic rings. The molecule has 3 rings (SSSR count). The maximum atomic E-state index is 12.7. The lowest BCUT2D eigenvalue weighted by Crippen LogP contribution is -2.48. The van der Waals surface area contributed by atoms with Crippen LogP contribution in [0.25, 0.3) is 0 Å². The number of rotatable bonds is 2. The number of aromatic nitrogens is 2. The molecular formula is C15H24N4O. The van der Waals surface area contributed by atoms with E-state index in [4.69, 9.17) is 0 Å². The Morgan fingerprint density at radius 1 is 1.35 bits per heavy atom. The van der Waals surface area contributed by atoms with Crippen molar-refractivity contribution < 1.29 is 4.79 Å². The molecule has 1 aromatic heterocycles. The van der Waals surface area contributed by atoms with Crippen LogP contribution in [0.4, 0.5) is 0 Å². The lowest BCUT2D eigenvalue weighted by molar-refractivity contribution is 0.0636. The van der Waals surface area contributed by atoms with E-state index in [2.05, 4.69) is 28.9 Å². The minimum Gasteiger partial charge on any atom is -0.335 e. The van der Waals surface area contributed by atoms with Gasteiger partial charge in [0, 0.05) is 37.4 Å². The van der Waals surface area contributed by atoms with Crippen LogP contribution in [-0.4, -0.2) is 58.6 Å². The third-order valence-electron chi connectivity index (χ3n) is 4.70. The summed E-state index contributed by atoms with van der Waals surface area (Å²) < 4.78 is 0. The number of fused-ring (bicyclic) bond motifs is 1. The molecule has 5 heteroatoms. The SMILES string of the molecule is CCN1CCN(C(=O)c2n[nH]c3c2CC(C)CC3)CC1. The van der Waals surface area contributed by atoms with E-state index in [0.29, 0.717) is 11.6 Å². The number of H-pyrrole nitrogens is 1. The number of amides is 1. The first kappa shape index (κ1) is 13.6. The van der Waals surface area contributed by atoms with Gasteiger partial charge in [-0.1, -0.05) is 13.8 Å². The van der Waals surface area contributed by atoms with E-state index in [9.17, 15) is 4.79 Å². The number of hydrogen-bond donors (Lipinski definition) is 1. The molecule has 0 radical (unpaired) electrons. The zero-order chi connectivity index (χ0) is 14.1. The zero-order valence-corrected chi connectivity index (χ0v) is 12.5. The van der Waals surface area contributed by atoms with E-state index in [0.717, 1.165) is 45.6 Å². The molecule has 0 spiro atoms. The number of carbonyl (C=O) groups is 1. The van der Waals surface area contributed by atoms with Gasteiger partial charge in [0.2, 0.25) is 0 Å². The fourth-order valence-corrected chi connectivity index (χ4v) is 3.26. The van der Waals surface area contributed by atoms with Crippen molar-refractivity contribution in [1.82, 2.24) is 20.0 Å². The van der Waals surface area contributed by atoms with Gasteiger partial charge in [-0.3, -0.25) is 9.89 Å². The number of nitrogens with zero attached hydrogens (tertiary/aromatic N) is 3. The summed E-state index contributed by atoms with van der Waals surface area (Å²) in [6.07, 6.45) is 3.21. The van der Waals surface area contributed by atoms with Crippen molar-refractivity contribution in [2.45, 2.75) is 33.1 Å². The van der Waals surface area contributed by atoms with Gasteiger partial charge in [-0.2, -0.15) is 5.10 Å². The molecule has 5 nitrogen and oxygen atoms in total. The topological polar surface area (TPSA) is 52.2 Å². The molecule has 1 saturated heterocycles. The van der Waals surface area contributed by atoms with Crippen molar-refractivity contribution in [1.29, 1.82) is 0 Å². The number of piperazine rings is 1. The predicted molar refractivity (Wildman–Crippen MR) is 77.8 cm³/mol. The first-order valence-corrected chi connectivity index (χ1v) is 7.76. The molecule has 1 atom stereocenters. The van der Waals surface area contributed by atoms with Gasteiger partial charge in [-0.25, -0.2) is 0 Å². The van der Waals surface area contributed by atoms with Gasteiger partial charge in [-0.15, -0.1) is 0 Å². The third kappa shape index (κ3) is 2.46. The van der Waals surface area contributed by atoms with E-state index < -0.39 is 0 Å². The molecule has 1 fully saturated rings. The van der Waals surface area contributed by atoms with Gasteiger partial charge >= 0.3 is 0 Å². The van der Waals surface area contributed by atoms with Gasteiger partial charge < -0.3 is 9.80 Å². The normalized spacial score (nSPS) is 23.7. The van der Waals surface area contributed by atoms with E-state index in [-0.39, 0.29) is 5.91 Å². The Hall–Kier alpha value is -1.36. The Morgan fingerprint density at radius 2 is 2.10 bits per heavy atom. The first-order chi connectivity index (χ1) is 9.69. The monoisotopic (exact) mass is 276 g/mol. The number of carbonyl (C=O) groups excluding carboxylic acids is 1. The lowest BCUT2D eigenvalue weighted by Gasteiger charge is -2.34. The number of nitrogens with one attached hydrogen (secondary N) is 1. The van der Waals surface area contributed by atoms with E-state index in [1.165, 1.54) is 17.7 Å². The first-order valence-electron chi connectivity index (χ1n) is 7.76. The molecule has 20 heavy (non-hydrogen) atoms. The molecule has 0 bridgehead atoms. The van der Waals surface area contributed by atoms with Crippen LogP contribution in [0.15, 0.2) is 0 Å². The zero-order valence-electron chi connectivity index (χ0n) is 12.5. The highest BCUT2D eigenvalue weighted by molar-refractivity contribution is 5.94. The highest BCUT2D eigenvalue weighted by Crippen LogP contribution is 2.27. The second-order valence-electron chi connectivity index (χ2n) is 6.10. The fraction of sp³-hybridized carbons (Fsp3) is 0.733. The van der Waals surface area contributed by atoms with Crippen molar-refractivity contribution in [3.8, 4) is 0 Å². The molecule has 1 aliphatic carbocycles. The average molecular weight is 276 g/mol. The van der Waals surface area contributed by atoms with Crippen LogP contribution < -0.4 is 0 Å². The summed E-state index contributed by atoms with van der Waals surface area (Å²) in [5.41, 5.74) is 3.03. The summed E-state index contributed by atoms with van der Waals surface area (Å²) in [6.45, 7) is 9.09. The van der Waals surface area contributed by atoms with Crippen LogP contribution in [-0.2, 0) is 12.8 Å². The van der Waals surface area contributed by atoms with Crippen molar-refractivity contribution in [2.24, 2.45) is 5.92 Å². The molecule has 0 aromatic carbocycles. The van der Waals surface area contributed by atoms with Crippen LogP contribution in [0, 0.1) is 5.92 Å². The van der Waals surface area contributed by atoms with Crippen LogP contribution in [0.3, 0.4) is 0 Å². The number of likely N-dealkylation sites (N-methyl/N-ethyl adjacent to an activating group) is 1. The minimum absolute atomic E-state index is 0.118. The Balaban J connectivity index is 1.73. The van der Waals surface area contributed by atoms with Crippen LogP contribution in [0.1, 0.15) is 42.0 Å². The lowest BCUT2D eigenvalue weighted by atomic mass is 9.87. The van der Waals surface area contributed by atoms with Crippen molar-refractivity contribution in [2.75, 3.05) is 32.7 Å². The van der Waals surface area contributed by atoms with Gasteiger partial charge in [0.05, 0.1) is 0 Å². The number of hydrogen-bond acceptors (Lipinski definition) is 3. The van der Waals surface area contributed by atoms with Crippen LogP contribution in [0.5, 0.6) is 0 Å². The summed E-state index contributed by atoms with van der Waals surface area (Å²) in [6, 6.07) is 0. The Morgan fingerprint density at radius 3 is 2.80 bits per heavy atom. The molecule has 0 saturated carbocycles. The van der Waals surface area contributed by atoms with Gasteiger partial charge in [0.15, 0.2) is 5.69 Å². The summed E-state index contributed by atoms with van der Waals surface area (Å²) >= 11 is 0. The largest absolute Gasteiger partial charge is 0.335 e. The number of aryl methyl sites for hydroxylation is 1. The molecule has 1 N–H and O–H groups in total. The van der Waals surface area contributed by atoms with E-state index in [1.807, 2.05) is 4.90 Å². The Bertz CT molecular complexity index is 488.